The smallest absolute Gasteiger partial charge is 0.244 e. The van der Waals surface area contributed by atoms with E-state index in [0.29, 0.717) is 0 Å². The lowest BCUT2D eigenvalue weighted by atomic mass is 10.1. The van der Waals surface area contributed by atoms with Crippen LogP contribution in [0.3, 0.4) is 0 Å². The molecule has 0 spiro atoms. The number of nitrogens with one attached hydrogen (secondary N) is 2. The van der Waals surface area contributed by atoms with Crippen molar-refractivity contribution in [3.05, 3.63) is 39.9 Å². The molecule has 0 radical (unpaired) electrons. The van der Waals surface area contributed by atoms with Gasteiger partial charge in [-0.05, 0) is 51.0 Å². The Labute approximate surface area is 134 Å². The Morgan fingerprint density at radius 1 is 1.29 bits per heavy atom. The van der Waals surface area contributed by atoms with Gasteiger partial charge in [0.25, 0.3) is 0 Å². The average Bonchev–Trinajstić information content (AvgIpc) is 2.33. The SMILES string of the molecule is Cc1ccc(C=CC(=O)NCC(=O)NC(C)(C)C)c(Br)c1. The van der Waals surface area contributed by atoms with E-state index in [1.165, 1.54) is 6.08 Å². The van der Waals surface area contributed by atoms with Crippen LogP contribution in [0, 0.1) is 6.92 Å². The fraction of sp³-hybridized carbons (Fsp3) is 0.375. The molecular weight excluding hydrogens is 332 g/mol. The first-order valence-corrected chi connectivity index (χ1v) is 7.50. The van der Waals surface area contributed by atoms with Gasteiger partial charge >= 0.3 is 0 Å². The molecule has 0 aromatic heterocycles. The van der Waals surface area contributed by atoms with Crippen LogP contribution in [-0.4, -0.2) is 23.9 Å². The zero-order chi connectivity index (χ0) is 16.0. The van der Waals surface area contributed by atoms with E-state index in [1.54, 1.807) is 6.08 Å². The van der Waals surface area contributed by atoms with Crippen molar-refractivity contribution < 1.29 is 9.59 Å². The highest BCUT2D eigenvalue weighted by Gasteiger charge is 2.13. The molecule has 0 unspecified atom stereocenters. The standard InChI is InChI=1S/C16H21BrN2O2/c1-11-5-6-12(13(17)9-11)7-8-14(20)18-10-15(21)19-16(2,3)4/h5-9H,10H2,1-4H3,(H,18,20)(H,19,21). The summed E-state index contributed by atoms with van der Waals surface area (Å²) in [5, 5.41) is 5.33. The van der Waals surface area contributed by atoms with E-state index in [0.717, 1.165) is 15.6 Å². The van der Waals surface area contributed by atoms with Crippen LogP contribution in [0.4, 0.5) is 0 Å². The van der Waals surface area contributed by atoms with Gasteiger partial charge in [0, 0.05) is 16.1 Å². The number of carbonyl (C=O) groups is 2. The monoisotopic (exact) mass is 352 g/mol. The third-order valence-electron chi connectivity index (χ3n) is 2.51. The molecule has 0 bridgehead atoms. The molecule has 0 aliphatic heterocycles. The number of amides is 2. The van der Waals surface area contributed by atoms with Gasteiger partial charge < -0.3 is 10.6 Å². The first kappa shape index (κ1) is 17.4. The highest BCUT2D eigenvalue weighted by molar-refractivity contribution is 9.10. The molecule has 1 aromatic rings. The van der Waals surface area contributed by atoms with E-state index >= 15 is 0 Å². The highest BCUT2D eigenvalue weighted by atomic mass is 79.9. The van der Waals surface area contributed by atoms with Crippen molar-refractivity contribution in [2.75, 3.05) is 6.54 Å². The minimum atomic E-state index is -0.301. The first-order chi connectivity index (χ1) is 9.67. The Morgan fingerprint density at radius 3 is 2.52 bits per heavy atom. The van der Waals surface area contributed by atoms with Crippen molar-refractivity contribution in [3.63, 3.8) is 0 Å². The Balaban J connectivity index is 2.50. The summed E-state index contributed by atoms with van der Waals surface area (Å²) in [6, 6.07) is 5.88. The van der Waals surface area contributed by atoms with Gasteiger partial charge in [-0.2, -0.15) is 0 Å². The van der Waals surface area contributed by atoms with E-state index in [4.69, 9.17) is 0 Å². The van der Waals surface area contributed by atoms with Gasteiger partial charge in [0.2, 0.25) is 11.8 Å². The molecule has 0 saturated heterocycles. The average molecular weight is 353 g/mol. The van der Waals surface area contributed by atoms with Crippen LogP contribution in [0.1, 0.15) is 31.9 Å². The minimum absolute atomic E-state index is 0.0322. The van der Waals surface area contributed by atoms with Gasteiger partial charge in [0.1, 0.15) is 0 Å². The van der Waals surface area contributed by atoms with Crippen molar-refractivity contribution >= 4 is 33.8 Å². The molecule has 0 atom stereocenters. The Bertz CT molecular complexity index is 560. The van der Waals surface area contributed by atoms with Crippen molar-refractivity contribution in [1.29, 1.82) is 0 Å². The second-order valence-electron chi connectivity index (χ2n) is 5.87. The normalized spacial score (nSPS) is 11.5. The quantitative estimate of drug-likeness (QED) is 0.818. The molecule has 2 N–H and O–H groups in total. The molecule has 2 amide bonds. The molecular formula is C16H21BrN2O2. The van der Waals surface area contributed by atoms with E-state index in [2.05, 4.69) is 26.6 Å². The molecule has 0 fully saturated rings. The number of halogens is 1. The molecule has 1 aromatic carbocycles. The van der Waals surface area contributed by atoms with Crippen molar-refractivity contribution in [2.45, 2.75) is 33.2 Å². The van der Waals surface area contributed by atoms with Gasteiger partial charge in [0.15, 0.2) is 0 Å². The van der Waals surface area contributed by atoms with Gasteiger partial charge in [-0.1, -0.05) is 28.1 Å². The van der Waals surface area contributed by atoms with Gasteiger partial charge in [-0.3, -0.25) is 9.59 Å². The molecule has 21 heavy (non-hydrogen) atoms. The fourth-order valence-electron chi connectivity index (χ4n) is 1.62. The summed E-state index contributed by atoms with van der Waals surface area (Å²) in [5.41, 5.74) is 1.75. The maximum absolute atomic E-state index is 11.7. The van der Waals surface area contributed by atoms with Gasteiger partial charge in [-0.25, -0.2) is 0 Å². The van der Waals surface area contributed by atoms with Crippen molar-refractivity contribution in [1.82, 2.24) is 10.6 Å². The number of aryl methyl sites for hydroxylation is 1. The molecule has 0 heterocycles. The Hall–Kier alpha value is -1.62. The molecule has 0 aliphatic carbocycles. The number of carbonyl (C=O) groups excluding carboxylic acids is 2. The van der Waals surface area contributed by atoms with Gasteiger partial charge in [0.05, 0.1) is 6.54 Å². The van der Waals surface area contributed by atoms with Crippen LogP contribution in [-0.2, 0) is 9.59 Å². The topological polar surface area (TPSA) is 58.2 Å². The molecule has 0 aliphatic rings. The predicted octanol–water partition coefficient (Wildman–Crippen LogP) is 2.80. The molecule has 4 nitrogen and oxygen atoms in total. The number of rotatable bonds is 4. The fourth-order valence-corrected chi connectivity index (χ4v) is 2.25. The zero-order valence-corrected chi connectivity index (χ0v) is 14.4. The van der Waals surface area contributed by atoms with Crippen LogP contribution < -0.4 is 10.6 Å². The van der Waals surface area contributed by atoms with Crippen molar-refractivity contribution in [2.24, 2.45) is 0 Å². The summed E-state index contributed by atoms with van der Waals surface area (Å²) in [6.07, 6.45) is 3.13. The lowest BCUT2D eigenvalue weighted by Crippen LogP contribution is -2.45. The Kier molecular flexibility index (Phi) is 6.15. The van der Waals surface area contributed by atoms with Crippen molar-refractivity contribution in [3.8, 4) is 0 Å². The van der Waals surface area contributed by atoms with Crippen LogP contribution in [0.5, 0.6) is 0 Å². The summed E-state index contributed by atoms with van der Waals surface area (Å²) in [5.74, 6) is -0.507. The minimum Gasteiger partial charge on any atom is -0.350 e. The lowest BCUT2D eigenvalue weighted by molar-refractivity contribution is -0.124. The van der Waals surface area contributed by atoms with E-state index in [1.807, 2.05) is 45.9 Å². The second-order valence-corrected chi connectivity index (χ2v) is 6.73. The summed E-state index contributed by atoms with van der Waals surface area (Å²) in [6.45, 7) is 7.64. The molecule has 0 saturated carbocycles. The molecule has 5 heteroatoms. The third-order valence-corrected chi connectivity index (χ3v) is 3.19. The number of hydrogen-bond donors (Lipinski definition) is 2. The maximum atomic E-state index is 11.7. The third kappa shape index (κ3) is 7.09. The summed E-state index contributed by atoms with van der Waals surface area (Å²) in [7, 11) is 0. The highest BCUT2D eigenvalue weighted by Crippen LogP contribution is 2.19. The van der Waals surface area contributed by atoms with Gasteiger partial charge in [-0.15, -0.1) is 0 Å². The number of benzene rings is 1. The summed E-state index contributed by atoms with van der Waals surface area (Å²) >= 11 is 3.45. The largest absolute Gasteiger partial charge is 0.350 e. The van der Waals surface area contributed by atoms with E-state index in [9.17, 15) is 9.59 Å². The number of hydrogen-bond acceptors (Lipinski definition) is 2. The van der Waals surface area contributed by atoms with E-state index < -0.39 is 0 Å². The summed E-state index contributed by atoms with van der Waals surface area (Å²) < 4.78 is 0.928. The predicted molar refractivity (Wildman–Crippen MR) is 88.8 cm³/mol. The van der Waals surface area contributed by atoms with Crippen LogP contribution in [0.15, 0.2) is 28.7 Å². The lowest BCUT2D eigenvalue weighted by Gasteiger charge is -2.20. The maximum Gasteiger partial charge on any atom is 0.244 e. The summed E-state index contributed by atoms with van der Waals surface area (Å²) in [4.78, 5) is 23.2. The second kappa shape index (κ2) is 7.41. The van der Waals surface area contributed by atoms with Crippen LogP contribution in [0.2, 0.25) is 0 Å². The Morgan fingerprint density at radius 2 is 1.95 bits per heavy atom. The zero-order valence-electron chi connectivity index (χ0n) is 12.8. The molecule has 1 rings (SSSR count). The van der Waals surface area contributed by atoms with Crippen LogP contribution in [0.25, 0.3) is 6.08 Å². The van der Waals surface area contributed by atoms with E-state index in [-0.39, 0.29) is 23.9 Å². The molecule has 114 valence electrons. The first-order valence-electron chi connectivity index (χ1n) is 6.70. The van der Waals surface area contributed by atoms with Crippen LogP contribution >= 0.6 is 15.9 Å².